The third-order valence-electron chi connectivity index (χ3n) is 3.32. The van der Waals surface area contributed by atoms with Crippen LogP contribution in [0.25, 0.3) is 0 Å². The lowest BCUT2D eigenvalue weighted by atomic mass is 9.88. The molecule has 0 heterocycles. The number of hydrogen-bond donors (Lipinski definition) is 2. The standard InChI is InChI=1S/C11H24N2S/c1-10(8-12)13-9-11(14-2)6-4-3-5-7-11/h10,13H,3-9,12H2,1-2H3. The second-order valence-corrected chi connectivity index (χ2v) is 5.74. The first-order chi connectivity index (χ1) is 6.72. The summed E-state index contributed by atoms with van der Waals surface area (Å²) < 4.78 is 0.502. The molecule has 1 saturated carbocycles. The van der Waals surface area contributed by atoms with Crippen LogP contribution in [0, 0.1) is 0 Å². The molecule has 0 aromatic carbocycles. The molecule has 1 atom stereocenters. The van der Waals surface area contributed by atoms with E-state index in [-0.39, 0.29) is 0 Å². The number of nitrogens with two attached hydrogens (primary N) is 1. The molecule has 14 heavy (non-hydrogen) atoms. The fourth-order valence-corrected chi connectivity index (χ4v) is 3.02. The second kappa shape index (κ2) is 5.99. The molecule has 1 aliphatic carbocycles. The van der Waals surface area contributed by atoms with E-state index in [0.717, 1.165) is 13.1 Å². The Labute approximate surface area is 92.4 Å². The SMILES string of the molecule is CSC1(CNC(C)CN)CCCCC1. The predicted molar refractivity (Wildman–Crippen MR) is 65.9 cm³/mol. The molecule has 0 aliphatic heterocycles. The molecule has 1 aliphatic rings. The molecule has 0 aromatic heterocycles. The van der Waals surface area contributed by atoms with Crippen LogP contribution in [-0.4, -0.2) is 30.1 Å². The summed E-state index contributed by atoms with van der Waals surface area (Å²) in [5.74, 6) is 0. The number of hydrogen-bond acceptors (Lipinski definition) is 3. The van der Waals surface area contributed by atoms with Crippen LogP contribution in [0.15, 0.2) is 0 Å². The van der Waals surface area contributed by atoms with Crippen molar-refractivity contribution in [3.8, 4) is 0 Å². The van der Waals surface area contributed by atoms with Crippen LogP contribution in [0.4, 0.5) is 0 Å². The van der Waals surface area contributed by atoms with E-state index in [9.17, 15) is 0 Å². The molecule has 0 saturated heterocycles. The summed E-state index contributed by atoms with van der Waals surface area (Å²) in [6.45, 7) is 4.04. The lowest BCUT2D eigenvalue weighted by Crippen LogP contribution is -2.44. The van der Waals surface area contributed by atoms with Gasteiger partial charge in [0.25, 0.3) is 0 Å². The zero-order valence-electron chi connectivity index (χ0n) is 9.51. The Morgan fingerprint density at radius 2 is 2.00 bits per heavy atom. The molecule has 0 radical (unpaired) electrons. The van der Waals surface area contributed by atoms with Crippen LogP contribution in [0.1, 0.15) is 39.0 Å². The van der Waals surface area contributed by atoms with Crippen LogP contribution in [-0.2, 0) is 0 Å². The minimum absolute atomic E-state index is 0.459. The van der Waals surface area contributed by atoms with Crippen molar-refractivity contribution in [1.82, 2.24) is 5.32 Å². The molecule has 0 spiro atoms. The van der Waals surface area contributed by atoms with E-state index in [1.807, 2.05) is 11.8 Å². The Bertz CT molecular complexity index is 155. The summed E-state index contributed by atoms with van der Waals surface area (Å²) in [6.07, 6.45) is 9.23. The monoisotopic (exact) mass is 216 g/mol. The lowest BCUT2D eigenvalue weighted by Gasteiger charge is -2.36. The van der Waals surface area contributed by atoms with Gasteiger partial charge in [0.2, 0.25) is 0 Å². The van der Waals surface area contributed by atoms with Crippen molar-refractivity contribution < 1.29 is 0 Å². The molecule has 1 unspecified atom stereocenters. The van der Waals surface area contributed by atoms with E-state index in [4.69, 9.17) is 5.73 Å². The summed E-state index contributed by atoms with van der Waals surface area (Å²) in [7, 11) is 0. The molecular formula is C11H24N2S. The molecule has 84 valence electrons. The maximum absolute atomic E-state index is 5.60. The quantitative estimate of drug-likeness (QED) is 0.738. The van der Waals surface area contributed by atoms with Gasteiger partial charge in [-0.15, -0.1) is 0 Å². The van der Waals surface area contributed by atoms with Crippen molar-refractivity contribution in [2.75, 3.05) is 19.3 Å². The van der Waals surface area contributed by atoms with Gasteiger partial charge in [-0.05, 0) is 26.0 Å². The number of thioether (sulfide) groups is 1. The smallest absolute Gasteiger partial charge is 0.0281 e. The van der Waals surface area contributed by atoms with Crippen LogP contribution < -0.4 is 11.1 Å². The molecule has 1 rings (SSSR count). The fourth-order valence-electron chi connectivity index (χ4n) is 2.09. The minimum atomic E-state index is 0.459. The fraction of sp³-hybridized carbons (Fsp3) is 1.00. The van der Waals surface area contributed by atoms with Gasteiger partial charge in [-0.3, -0.25) is 0 Å². The molecular weight excluding hydrogens is 192 g/mol. The average Bonchev–Trinajstić information content (AvgIpc) is 2.27. The van der Waals surface area contributed by atoms with Crippen molar-refractivity contribution in [1.29, 1.82) is 0 Å². The van der Waals surface area contributed by atoms with Crippen molar-refractivity contribution in [3.05, 3.63) is 0 Å². The van der Waals surface area contributed by atoms with Gasteiger partial charge in [0.1, 0.15) is 0 Å². The number of nitrogens with one attached hydrogen (secondary N) is 1. The highest BCUT2D eigenvalue weighted by Gasteiger charge is 2.30. The van der Waals surface area contributed by atoms with E-state index >= 15 is 0 Å². The zero-order chi connectivity index (χ0) is 10.4. The topological polar surface area (TPSA) is 38.0 Å². The Morgan fingerprint density at radius 3 is 2.50 bits per heavy atom. The molecule has 0 amide bonds. The van der Waals surface area contributed by atoms with Gasteiger partial charge < -0.3 is 11.1 Å². The second-order valence-electron chi connectivity index (χ2n) is 4.47. The summed E-state index contributed by atoms with van der Waals surface area (Å²) in [4.78, 5) is 0. The third kappa shape index (κ3) is 3.44. The predicted octanol–water partition coefficient (Wildman–Crippen LogP) is 1.99. The van der Waals surface area contributed by atoms with Crippen molar-refractivity contribution >= 4 is 11.8 Å². The van der Waals surface area contributed by atoms with E-state index in [1.54, 1.807) is 0 Å². The molecule has 3 heteroatoms. The Hall–Kier alpha value is 0.270. The van der Waals surface area contributed by atoms with Crippen LogP contribution in [0.3, 0.4) is 0 Å². The maximum Gasteiger partial charge on any atom is 0.0281 e. The van der Waals surface area contributed by atoms with Gasteiger partial charge in [0.15, 0.2) is 0 Å². The first kappa shape index (κ1) is 12.3. The van der Waals surface area contributed by atoms with E-state index in [0.29, 0.717) is 10.8 Å². The first-order valence-electron chi connectivity index (χ1n) is 5.71. The zero-order valence-corrected chi connectivity index (χ0v) is 10.3. The lowest BCUT2D eigenvalue weighted by molar-refractivity contribution is 0.367. The largest absolute Gasteiger partial charge is 0.329 e. The van der Waals surface area contributed by atoms with E-state index in [2.05, 4.69) is 18.5 Å². The van der Waals surface area contributed by atoms with Crippen LogP contribution in [0.2, 0.25) is 0 Å². The first-order valence-corrected chi connectivity index (χ1v) is 6.93. The van der Waals surface area contributed by atoms with Gasteiger partial charge in [0.05, 0.1) is 0 Å². The highest BCUT2D eigenvalue weighted by atomic mass is 32.2. The maximum atomic E-state index is 5.60. The van der Waals surface area contributed by atoms with Crippen molar-refractivity contribution in [2.45, 2.75) is 49.8 Å². The molecule has 0 aromatic rings. The normalized spacial score (nSPS) is 23.4. The van der Waals surface area contributed by atoms with E-state index in [1.165, 1.54) is 32.1 Å². The minimum Gasteiger partial charge on any atom is -0.329 e. The molecule has 3 N–H and O–H groups in total. The van der Waals surface area contributed by atoms with Crippen molar-refractivity contribution in [3.63, 3.8) is 0 Å². The van der Waals surface area contributed by atoms with Gasteiger partial charge in [-0.2, -0.15) is 11.8 Å². The molecule has 2 nitrogen and oxygen atoms in total. The highest BCUT2D eigenvalue weighted by Crippen LogP contribution is 2.37. The highest BCUT2D eigenvalue weighted by molar-refractivity contribution is 8.00. The van der Waals surface area contributed by atoms with Crippen molar-refractivity contribution in [2.24, 2.45) is 5.73 Å². The van der Waals surface area contributed by atoms with Crippen LogP contribution >= 0.6 is 11.8 Å². The Kier molecular flexibility index (Phi) is 5.28. The summed E-state index contributed by atoms with van der Waals surface area (Å²) in [6, 6.07) is 0.459. The summed E-state index contributed by atoms with van der Waals surface area (Å²) in [5.41, 5.74) is 5.60. The third-order valence-corrected chi connectivity index (χ3v) is 4.74. The number of rotatable bonds is 5. The summed E-state index contributed by atoms with van der Waals surface area (Å²) in [5, 5.41) is 3.55. The Morgan fingerprint density at radius 1 is 1.36 bits per heavy atom. The van der Waals surface area contributed by atoms with Gasteiger partial charge in [-0.25, -0.2) is 0 Å². The van der Waals surface area contributed by atoms with Gasteiger partial charge in [0, 0.05) is 23.9 Å². The van der Waals surface area contributed by atoms with Crippen LogP contribution in [0.5, 0.6) is 0 Å². The molecule has 0 bridgehead atoms. The van der Waals surface area contributed by atoms with E-state index < -0.39 is 0 Å². The summed E-state index contributed by atoms with van der Waals surface area (Å²) >= 11 is 2.04. The Balaban J connectivity index is 2.36. The van der Waals surface area contributed by atoms with Gasteiger partial charge >= 0.3 is 0 Å². The molecule has 1 fully saturated rings. The van der Waals surface area contributed by atoms with Gasteiger partial charge in [-0.1, -0.05) is 19.3 Å². The average molecular weight is 216 g/mol.